The first-order valence-corrected chi connectivity index (χ1v) is 8.52. The minimum Gasteiger partial charge on any atom is -0.465 e. The lowest BCUT2D eigenvalue weighted by Gasteiger charge is -2.43. The van der Waals surface area contributed by atoms with Crippen LogP contribution in [0.4, 0.5) is 9.18 Å². The number of nitrogens with zero attached hydrogens (tertiary/aromatic N) is 1. The number of ether oxygens (including phenoxy) is 3. The van der Waals surface area contributed by atoms with E-state index in [4.69, 9.17) is 14.2 Å². The number of hydrogen-bond donors (Lipinski definition) is 0. The number of halogens is 1. The fraction of sp³-hybridized carbons (Fsp3) is 0.824. The van der Waals surface area contributed by atoms with Crippen molar-refractivity contribution in [2.75, 3.05) is 19.7 Å². The number of carbonyl (C=O) groups excluding carboxylic acids is 3. The van der Waals surface area contributed by atoms with Gasteiger partial charge in [-0.2, -0.15) is 0 Å². The van der Waals surface area contributed by atoms with E-state index in [0.717, 1.165) is 0 Å². The third kappa shape index (κ3) is 3.78. The number of alkyl halides is 1. The number of esters is 1. The van der Waals surface area contributed by atoms with Crippen LogP contribution in [-0.4, -0.2) is 65.9 Å². The average Bonchev–Trinajstić information content (AvgIpc) is 2.73. The number of carbonyl (C=O) groups is 3. The first kappa shape index (κ1) is 19.6. The molecular weight excluding hydrogens is 333 g/mol. The molecule has 0 saturated carbocycles. The van der Waals surface area contributed by atoms with Gasteiger partial charge < -0.3 is 19.1 Å². The maximum absolute atomic E-state index is 15.1. The van der Waals surface area contributed by atoms with Crippen LogP contribution in [0.15, 0.2) is 0 Å². The van der Waals surface area contributed by atoms with Crippen LogP contribution in [0.3, 0.4) is 0 Å². The number of amides is 1. The molecule has 8 heteroatoms. The van der Waals surface area contributed by atoms with Crippen molar-refractivity contribution in [3.63, 3.8) is 0 Å². The summed E-state index contributed by atoms with van der Waals surface area (Å²) in [5.74, 6) is -2.56. The van der Waals surface area contributed by atoms with E-state index in [1.807, 2.05) is 0 Å². The lowest BCUT2D eigenvalue weighted by Crippen LogP contribution is -2.60. The van der Waals surface area contributed by atoms with Crippen LogP contribution in [-0.2, 0) is 23.8 Å². The van der Waals surface area contributed by atoms with E-state index in [-0.39, 0.29) is 26.1 Å². The van der Waals surface area contributed by atoms with Crippen LogP contribution in [0.5, 0.6) is 0 Å². The van der Waals surface area contributed by atoms with Gasteiger partial charge in [0.15, 0.2) is 5.78 Å². The molecule has 0 bridgehead atoms. The van der Waals surface area contributed by atoms with Gasteiger partial charge in [0.05, 0.1) is 13.2 Å². The number of likely N-dealkylation sites (tertiary alicyclic amines) is 1. The van der Waals surface area contributed by atoms with Crippen LogP contribution in [0.25, 0.3) is 0 Å². The fourth-order valence-corrected chi connectivity index (χ4v) is 3.33. The summed E-state index contributed by atoms with van der Waals surface area (Å²) in [7, 11) is 0. The van der Waals surface area contributed by atoms with Gasteiger partial charge in [0.1, 0.15) is 29.4 Å². The van der Waals surface area contributed by atoms with Crippen molar-refractivity contribution in [1.82, 2.24) is 4.90 Å². The Hall–Kier alpha value is -1.70. The largest absolute Gasteiger partial charge is 0.465 e. The Morgan fingerprint density at radius 3 is 2.56 bits per heavy atom. The molecule has 2 saturated heterocycles. The maximum atomic E-state index is 15.1. The lowest BCUT2D eigenvalue weighted by molar-refractivity contribution is -0.169. The average molecular weight is 359 g/mol. The molecule has 142 valence electrons. The van der Waals surface area contributed by atoms with Crippen molar-refractivity contribution in [3.05, 3.63) is 0 Å². The number of piperidine rings is 1. The third-order valence-corrected chi connectivity index (χ3v) is 4.43. The Kier molecular flexibility index (Phi) is 5.41. The van der Waals surface area contributed by atoms with Crippen molar-refractivity contribution in [2.45, 2.75) is 64.5 Å². The molecule has 4 unspecified atom stereocenters. The summed E-state index contributed by atoms with van der Waals surface area (Å²) in [6.07, 6.45) is -3.19. The second-order valence-corrected chi connectivity index (χ2v) is 7.45. The van der Waals surface area contributed by atoms with Crippen LogP contribution in [0.1, 0.15) is 41.0 Å². The molecule has 2 aliphatic rings. The predicted octanol–water partition coefficient (Wildman–Crippen LogP) is 1.87. The molecule has 25 heavy (non-hydrogen) atoms. The van der Waals surface area contributed by atoms with Crippen molar-refractivity contribution in [1.29, 1.82) is 0 Å². The topological polar surface area (TPSA) is 82.1 Å². The van der Waals surface area contributed by atoms with Crippen LogP contribution in [0, 0.1) is 5.92 Å². The maximum Gasteiger partial charge on any atom is 0.410 e. The van der Waals surface area contributed by atoms with E-state index in [1.54, 1.807) is 27.7 Å². The first-order chi connectivity index (χ1) is 11.5. The molecule has 7 nitrogen and oxygen atoms in total. The summed E-state index contributed by atoms with van der Waals surface area (Å²) < 4.78 is 30.9. The van der Waals surface area contributed by atoms with Gasteiger partial charge in [0.25, 0.3) is 0 Å². The monoisotopic (exact) mass is 359 g/mol. The summed E-state index contributed by atoms with van der Waals surface area (Å²) in [6, 6.07) is 0. The van der Waals surface area contributed by atoms with Crippen molar-refractivity contribution in [2.24, 2.45) is 5.92 Å². The summed E-state index contributed by atoms with van der Waals surface area (Å²) >= 11 is 0. The van der Waals surface area contributed by atoms with Gasteiger partial charge in [-0.25, -0.2) is 9.18 Å². The van der Waals surface area contributed by atoms with Gasteiger partial charge in [-0.15, -0.1) is 0 Å². The molecule has 2 fully saturated rings. The Morgan fingerprint density at radius 2 is 2.04 bits per heavy atom. The van der Waals surface area contributed by atoms with E-state index in [1.165, 1.54) is 11.8 Å². The molecule has 0 radical (unpaired) electrons. The molecule has 2 rings (SSSR count). The molecule has 2 aliphatic heterocycles. The minimum atomic E-state index is -1.70. The van der Waals surface area contributed by atoms with E-state index < -0.39 is 47.2 Å². The summed E-state index contributed by atoms with van der Waals surface area (Å²) in [5, 5.41) is 0. The highest BCUT2D eigenvalue weighted by molar-refractivity contribution is 6.04. The van der Waals surface area contributed by atoms with Crippen LogP contribution >= 0.6 is 0 Å². The predicted molar refractivity (Wildman–Crippen MR) is 85.7 cm³/mol. The number of ketones is 1. The zero-order chi connectivity index (χ0) is 19.0. The zero-order valence-corrected chi connectivity index (χ0v) is 15.3. The molecule has 0 aromatic rings. The summed E-state index contributed by atoms with van der Waals surface area (Å²) in [5.41, 5.74) is -2.28. The zero-order valence-electron chi connectivity index (χ0n) is 15.3. The molecule has 0 aromatic heterocycles. The first-order valence-electron chi connectivity index (χ1n) is 8.52. The van der Waals surface area contributed by atoms with E-state index in [9.17, 15) is 14.4 Å². The quantitative estimate of drug-likeness (QED) is 0.553. The van der Waals surface area contributed by atoms with E-state index in [2.05, 4.69) is 0 Å². The second-order valence-electron chi connectivity index (χ2n) is 7.45. The highest BCUT2D eigenvalue weighted by atomic mass is 19.1. The van der Waals surface area contributed by atoms with Gasteiger partial charge in [-0.05, 0) is 41.0 Å². The highest BCUT2D eigenvalue weighted by Crippen LogP contribution is 2.44. The molecule has 2 heterocycles. The van der Waals surface area contributed by atoms with Gasteiger partial charge in [0, 0.05) is 6.54 Å². The van der Waals surface area contributed by atoms with Crippen molar-refractivity contribution >= 4 is 17.8 Å². The lowest BCUT2D eigenvalue weighted by atomic mass is 9.77. The Labute approximate surface area is 146 Å². The Morgan fingerprint density at radius 1 is 1.40 bits per heavy atom. The standard InChI is InChI=1S/C17H26FNO6/c1-6-23-14(21)12-13(20)10(2)24-17(12)7-8-19(9-11(17)18)15(22)25-16(3,4)5/h10-12H,6-9H2,1-5H3. The third-order valence-electron chi connectivity index (χ3n) is 4.43. The van der Waals surface area contributed by atoms with Crippen LogP contribution in [0.2, 0.25) is 0 Å². The van der Waals surface area contributed by atoms with Gasteiger partial charge in [-0.3, -0.25) is 9.59 Å². The summed E-state index contributed by atoms with van der Waals surface area (Å²) in [6.45, 7) is 8.20. The van der Waals surface area contributed by atoms with Gasteiger partial charge >= 0.3 is 12.1 Å². The van der Waals surface area contributed by atoms with Crippen molar-refractivity contribution < 1.29 is 33.0 Å². The second kappa shape index (κ2) is 6.90. The molecule has 0 aromatic carbocycles. The fourth-order valence-electron chi connectivity index (χ4n) is 3.33. The molecule has 0 aliphatic carbocycles. The smallest absolute Gasteiger partial charge is 0.410 e. The van der Waals surface area contributed by atoms with E-state index >= 15 is 4.39 Å². The number of rotatable bonds is 2. The van der Waals surface area contributed by atoms with Gasteiger partial charge in [-0.1, -0.05) is 0 Å². The molecule has 0 N–H and O–H groups in total. The normalized spacial score (nSPS) is 32.8. The Balaban J connectivity index is 2.18. The SMILES string of the molecule is CCOC(=O)C1C(=O)C(C)OC12CCN(C(=O)OC(C)(C)C)CC2F. The molecule has 4 atom stereocenters. The molecule has 1 amide bonds. The molecule has 1 spiro atoms. The summed E-state index contributed by atoms with van der Waals surface area (Å²) in [4.78, 5) is 38.0. The number of hydrogen-bond acceptors (Lipinski definition) is 6. The van der Waals surface area contributed by atoms with Crippen LogP contribution < -0.4 is 0 Å². The number of Topliss-reactive ketones (excluding diaryl/α,β-unsaturated/α-hetero) is 1. The van der Waals surface area contributed by atoms with Gasteiger partial charge in [0.2, 0.25) is 0 Å². The molecular formula is C17H26FNO6. The minimum absolute atomic E-state index is 0.0208. The van der Waals surface area contributed by atoms with Crippen molar-refractivity contribution in [3.8, 4) is 0 Å². The highest BCUT2D eigenvalue weighted by Gasteiger charge is 2.63. The Bertz CT molecular complexity index is 560. The van der Waals surface area contributed by atoms with E-state index in [0.29, 0.717) is 0 Å².